The molecule has 136 valence electrons. The third-order valence-electron chi connectivity index (χ3n) is 4.70. The van der Waals surface area contributed by atoms with Crippen LogP contribution in [-0.2, 0) is 9.59 Å². The number of aryl methyl sites for hydroxylation is 1. The molecule has 0 saturated heterocycles. The van der Waals surface area contributed by atoms with Gasteiger partial charge in [0.2, 0.25) is 5.91 Å². The molecule has 1 aromatic heterocycles. The molecule has 7 nitrogen and oxygen atoms in total. The molecule has 1 aromatic rings. The predicted molar refractivity (Wildman–Crippen MR) is 93.7 cm³/mol. The van der Waals surface area contributed by atoms with Gasteiger partial charge in [-0.25, -0.2) is 5.01 Å². The van der Waals surface area contributed by atoms with Gasteiger partial charge in [0.25, 0.3) is 0 Å². The maximum absolute atomic E-state index is 13.0. The van der Waals surface area contributed by atoms with E-state index in [0.717, 1.165) is 0 Å². The highest BCUT2D eigenvalue weighted by atomic mass is 16.3. The Balaban J connectivity index is 2.25. The second-order valence-corrected chi connectivity index (χ2v) is 7.60. The van der Waals surface area contributed by atoms with Crippen molar-refractivity contribution in [1.29, 1.82) is 5.26 Å². The van der Waals surface area contributed by atoms with Gasteiger partial charge in [-0.15, -0.1) is 0 Å². The summed E-state index contributed by atoms with van der Waals surface area (Å²) in [6.45, 7) is 7.15. The van der Waals surface area contributed by atoms with Gasteiger partial charge in [0.05, 0.1) is 23.3 Å². The summed E-state index contributed by atoms with van der Waals surface area (Å²) < 4.78 is 5.74. The number of nitrogens with zero attached hydrogens (tertiary/aromatic N) is 2. The number of nitrogens with one attached hydrogen (secondary N) is 1. The number of allylic oxidation sites excluding steroid dienone is 3. The zero-order valence-electron chi connectivity index (χ0n) is 15.3. The van der Waals surface area contributed by atoms with Crippen LogP contribution in [-0.4, -0.2) is 16.7 Å². The average molecular weight is 354 g/mol. The highest BCUT2D eigenvalue weighted by Gasteiger charge is 2.45. The molecule has 7 heteroatoms. The van der Waals surface area contributed by atoms with Crippen LogP contribution >= 0.6 is 0 Å². The van der Waals surface area contributed by atoms with E-state index in [1.54, 1.807) is 19.1 Å². The zero-order chi connectivity index (χ0) is 19.2. The lowest BCUT2D eigenvalue weighted by Gasteiger charge is -2.42. The van der Waals surface area contributed by atoms with Crippen LogP contribution in [0.4, 0.5) is 0 Å². The lowest BCUT2D eigenvalue weighted by atomic mass is 9.70. The van der Waals surface area contributed by atoms with E-state index in [9.17, 15) is 14.9 Å². The SMILES string of the molecule is CC(=O)NN1C(N)=C(C#N)C(c2ccc(C)o2)C2=C1CC(C)(C)CC2=O. The van der Waals surface area contributed by atoms with Gasteiger partial charge in [-0.1, -0.05) is 13.8 Å². The van der Waals surface area contributed by atoms with Crippen molar-refractivity contribution in [2.75, 3.05) is 0 Å². The monoisotopic (exact) mass is 354 g/mol. The van der Waals surface area contributed by atoms with Crippen LogP contribution in [0.1, 0.15) is 51.1 Å². The molecule has 0 spiro atoms. The van der Waals surface area contributed by atoms with Crippen LogP contribution in [0.15, 0.2) is 39.2 Å². The zero-order valence-corrected chi connectivity index (χ0v) is 15.3. The van der Waals surface area contributed by atoms with Crippen molar-refractivity contribution < 1.29 is 14.0 Å². The maximum Gasteiger partial charge on any atom is 0.235 e. The summed E-state index contributed by atoms with van der Waals surface area (Å²) in [7, 11) is 0. The van der Waals surface area contributed by atoms with Crippen molar-refractivity contribution >= 4 is 11.7 Å². The molecule has 0 bridgehead atoms. The molecule has 1 unspecified atom stereocenters. The lowest BCUT2D eigenvalue weighted by molar-refractivity contribution is -0.123. The van der Waals surface area contributed by atoms with Gasteiger partial charge < -0.3 is 10.2 Å². The van der Waals surface area contributed by atoms with Crippen molar-refractivity contribution in [2.45, 2.75) is 46.5 Å². The number of hydrogen-bond acceptors (Lipinski definition) is 6. The summed E-state index contributed by atoms with van der Waals surface area (Å²) in [6, 6.07) is 5.65. The molecule has 3 rings (SSSR count). The third kappa shape index (κ3) is 2.88. The van der Waals surface area contributed by atoms with Gasteiger partial charge in [-0.2, -0.15) is 5.26 Å². The first-order chi connectivity index (χ1) is 12.1. The van der Waals surface area contributed by atoms with Crippen LogP contribution in [0.5, 0.6) is 0 Å². The van der Waals surface area contributed by atoms with Crippen LogP contribution < -0.4 is 11.2 Å². The van der Waals surface area contributed by atoms with E-state index >= 15 is 0 Å². The summed E-state index contributed by atoms with van der Waals surface area (Å²) in [6.07, 6.45) is 0.901. The molecule has 1 amide bonds. The normalized spacial score (nSPS) is 22.2. The van der Waals surface area contributed by atoms with Gasteiger partial charge in [-0.05, 0) is 30.9 Å². The van der Waals surface area contributed by atoms with Crippen molar-refractivity contribution in [2.24, 2.45) is 11.1 Å². The Hall–Kier alpha value is -3.01. The molecule has 3 N–H and O–H groups in total. The van der Waals surface area contributed by atoms with E-state index in [-0.39, 0.29) is 28.5 Å². The lowest BCUT2D eigenvalue weighted by Crippen LogP contribution is -2.49. The minimum Gasteiger partial charge on any atom is -0.465 e. The Kier molecular flexibility index (Phi) is 4.15. The fraction of sp³-hybridized carbons (Fsp3) is 0.421. The number of ketones is 1. The van der Waals surface area contributed by atoms with Crippen LogP contribution in [0.2, 0.25) is 0 Å². The highest BCUT2D eigenvalue weighted by Crippen LogP contribution is 2.48. The molecular weight excluding hydrogens is 332 g/mol. The maximum atomic E-state index is 13.0. The minimum atomic E-state index is -0.655. The van der Waals surface area contributed by atoms with Gasteiger partial charge >= 0.3 is 0 Å². The van der Waals surface area contributed by atoms with Gasteiger partial charge in [0, 0.05) is 18.9 Å². The van der Waals surface area contributed by atoms with Crippen molar-refractivity contribution in [3.63, 3.8) is 0 Å². The number of Topliss-reactive ketones (excluding diaryl/α,β-unsaturated/α-hetero) is 1. The number of nitrogens with two attached hydrogens (primary N) is 1. The molecule has 0 radical (unpaired) electrons. The number of hydrogen-bond donors (Lipinski definition) is 2. The number of carbonyl (C=O) groups excluding carboxylic acids is 2. The molecule has 0 aromatic carbocycles. The quantitative estimate of drug-likeness (QED) is 0.843. The Labute approximate surface area is 152 Å². The average Bonchev–Trinajstić information content (AvgIpc) is 2.94. The predicted octanol–water partition coefficient (Wildman–Crippen LogP) is 2.38. The van der Waals surface area contributed by atoms with E-state index in [4.69, 9.17) is 10.2 Å². The van der Waals surface area contributed by atoms with Crippen LogP contribution in [0, 0.1) is 23.7 Å². The van der Waals surface area contributed by atoms with Gasteiger partial charge in [-0.3, -0.25) is 15.0 Å². The summed E-state index contributed by atoms with van der Waals surface area (Å²) in [5, 5.41) is 11.1. The number of amides is 1. The summed E-state index contributed by atoms with van der Waals surface area (Å²) in [5.41, 5.74) is 9.90. The molecule has 26 heavy (non-hydrogen) atoms. The minimum absolute atomic E-state index is 0.0640. The van der Waals surface area contributed by atoms with Crippen LogP contribution in [0.3, 0.4) is 0 Å². The fourth-order valence-corrected chi connectivity index (χ4v) is 3.69. The summed E-state index contributed by atoms with van der Waals surface area (Å²) in [5.74, 6) is 0.255. The first-order valence-corrected chi connectivity index (χ1v) is 8.44. The summed E-state index contributed by atoms with van der Waals surface area (Å²) in [4.78, 5) is 24.7. The third-order valence-corrected chi connectivity index (χ3v) is 4.70. The topological polar surface area (TPSA) is 112 Å². The second kappa shape index (κ2) is 6.06. The molecule has 1 aliphatic heterocycles. The number of nitriles is 1. The number of furan rings is 1. The van der Waals surface area contributed by atoms with Gasteiger partial charge in [0.1, 0.15) is 17.3 Å². The molecule has 2 heterocycles. The largest absolute Gasteiger partial charge is 0.465 e. The fourth-order valence-electron chi connectivity index (χ4n) is 3.69. The second-order valence-electron chi connectivity index (χ2n) is 7.60. The van der Waals surface area contributed by atoms with Crippen molar-refractivity contribution in [3.8, 4) is 6.07 Å². The highest BCUT2D eigenvalue weighted by molar-refractivity contribution is 6.00. The van der Waals surface area contributed by atoms with E-state index in [1.807, 2.05) is 13.8 Å². The Morgan fingerprint density at radius 1 is 1.42 bits per heavy atom. The molecule has 0 fully saturated rings. The molecule has 2 aliphatic rings. The van der Waals surface area contributed by atoms with E-state index in [2.05, 4.69) is 11.5 Å². The van der Waals surface area contributed by atoms with E-state index in [1.165, 1.54) is 11.9 Å². The number of hydrazine groups is 1. The Morgan fingerprint density at radius 2 is 2.12 bits per heavy atom. The molecule has 1 aliphatic carbocycles. The standard InChI is InChI=1S/C19H22N4O3/c1-10-5-6-15(26-10)16-12(9-20)18(21)23(22-11(2)24)13-7-19(3,4)8-14(25)17(13)16/h5-6,16H,7-8,21H2,1-4H3,(H,22,24). The van der Waals surface area contributed by atoms with E-state index in [0.29, 0.717) is 35.6 Å². The van der Waals surface area contributed by atoms with Crippen LogP contribution in [0.25, 0.3) is 0 Å². The molecule has 0 saturated carbocycles. The van der Waals surface area contributed by atoms with Crippen molar-refractivity contribution in [3.05, 3.63) is 46.3 Å². The smallest absolute Gasteiger partial charge is 0.235 e. The van der Waals surface area contributed by atoms with Crippen molar-refractivity contribution in [1.82, 2.24) is 10.4 Å². The van der Waals surface area contributed by atoms with E-state index < -0.39 is 5.92 Å². The Bertz CT molecular complexity index is 898. The molecular formula is C19H22N4O3. The Morgan fingerprint density at radius 3 is 2.65 bits per heavy atom. The van der Waals surface area contributed by atoms with Gasteiger partial charge in [0.15, 0.2) is 5.78 Å². The number of carbonyl (C=O) groups is 2. The summed E-state index contributed by atoms with van der Waals surface area (Å²) >= 11 is 0. The molecule has 1 atom stereocenters. The first-order valence-electron chi connectivity index (χ1n) is 8.44. The first kappa shape index (κ1) is 17.8. The number of rotatable bonds is 2.